The lowest BCUT2D eigenvalue weighted by Crippen LogP contribution is -2.10. The van der Waals surface area contributed by atoms with Gasteiger partial charge in [-0.25, -0.2) is 4.98 Å². The minimum Gasteiger partial charge on any atom is -0.336 e. The molecular formula is C23H18N2. The Morgan fingerprint density at radius 2 is 1.56 bits per heavy atom. The van der Waals surface area contributed by atoms with Crippen molar-refractivity contribution >= 4 is 22.3 Å². The summed E-state index contributed by atoms with van der Waals surface area (Å²) in [6.45, 7) is 3.04. The van der Waals surface area contributed by atoms with Crippen molar-refractivity contribution in [2.75, 3.05) is 4.90 Å². The SMILES string of the molecule is Cc1ccc2c3c(cc(-c4ccccc4)nc13)CN2c1ccccc1. The number of aromatic nitrogens is 1. The molecular weight excluding hydrogens is 304 g/mol. The van der Waals surface area contributed by atoms with Crippen LogP contribution in [-0.4, -0.2) is 4.98 Å². The monoisotopic (exact) mass is 322 g/mol. The highest BCUT2D eigenvalue weighted by atomic mass is 15.2. The van der Waals surface area contributed by atoms with Crippen molar-refractivity contribution in [2.45, 2.75) is 13.5 Å². The van der Waals surface area contributed by atoms with Crippen LogP contribution < -0.4 is 4.90 Å². The molecule has 0 radical (unpaired) electrons. The summed E-state index contributed by atoms with van der Waals surface area (Å²) in [6.07, 6.45) is 0. The predicted molar refractivity (Wildman–Crippen MR) is 104 cm³/mol. The quantitative estimate of drug-likeness (QED) is 0.459. The van der Waals surface area contributed by atoms with Crippen molar-refractivity contribution in [1.29, 1.82) is 0 Å². The lowest BCUT2D eigenvalue weighted by molar-refractivity contribution is 1.02. The van der Waals surface area contributed by atoms with E-state index in [4.69, 9.17) is 4.98 Å². The second-order valence-electron chi connectivity index (χ2n) is 6.58. The molecule has 2 nitrogen and oxygen atoms in total. The molecule has 0 saturated heterocycles. The fraction of sp³-hybridized carbons (Fsp3) is 0.0870. The summed E-state index contributed by atoms with van der Waals surface area (Å²) in [6, 6.07) is 27.7. The Morgan fingerprint density at radius 1 is 0.840 bits per heavy atom. The zero-order valence-electron chi connectivity index (χ0n) is 14.1. The molecule has 0 saturated carbocycles. The van der Waals surface area contributed by atoms with Gasteiger partial charge in [0.2, 0.25) is 0 Å². The van der Waals surface area contributed by atoms with Gasteiger partial charge in [0.25, 0.3) is 0 Å². The number of hydrogen-bond donors (Lipinski definition) is 0. The molecule has 25 heavy (non-hydrogen) atoms. The van der Waals surface area contributed by atoms with Crippen LogP contribution in [0.15, 0.2) is 78.9 Å². The van der Waals surface area contributed by atoms with Gasteiger partial charge in [0.1, 0.15) is 0 Å². The fourth-order valence-corrected chi connectivity index (χ4v) is 3.74. The van der Waals surface area contributed by atoms with Gasteiger partial charge in [-0.1, -0.05) is 54.6 Å². The highest BCUT2D eigenvalue weighted by Gasteiger charge is 2.24. The highest BCUT2D eigenvalue weighted by molar-refractivity contribution is 6.02. The Kier molecular flexibility index (Phi) is 3.10. The van der Waals surface area contributed by atoms with Gasteiger partial charge in [-0.2, -0.15) is 0 Å². The largest absolute Gasteiger partial charge is 0.336 e. The number of anilines is 2. The van der Waals surface area contributed by atoms with Crippen molar-refractivity contribution in [2.24, 2.45) is 0 Å². The van der Waals surface area contributed by atoms with Crippen LogP contribution in [0.1, 0.15) is 11.1 Å². The van der Waals surface area contributed by atoms with Gasteiger partial charge < -0.3 is 4.90 Å². The van der Waals surface area contributed by atoms with Crippen LogP contribution in [-0.2, 0) is 6.54 Å². The first-order chi connectivity index (χ1) is 12.3. The summed E-state index contributed by atoms with van der Waals surface area (Å²) < 4.78 is 0. The van der Waals surface area contributed by atoms with E-state index >= 15 is 0 Å². The van der Waals surface area contributed by atoms with Crippen molar-refractivity contribution in [3.8, 4) is 11.3 Å². The van der Waals surface area contributed by atoms with Crippen molar-refractivity contribution in [3.63, 3.8) is 0 Å². The lowest BCUT2D eigenvalue weighted by atomic mass is 10.0. The highest BCUT2D eigenvalue weighted by Crippen LogP contribution is 2.43. The van der Waals surface area contributed by atoms with Crippen molar-refractivity contribution < 1.29 is 0 Å². The molecule has 2 heterocycles. The third-order valence-electron chi connectivity index (χ3n) is 4.98. The van der Waals surface area contributed by atoms with E-state index < -0.39 is 0 Å². The van der Waals surface area contributed by atoms with Gasteiger partial charge in [-0.3, -0.25) is 0 Å². The standard InChI is InChI=1S/C23H18N2/c1-16-12-13-21-22-18(15-25(21)19-10-6-3-7-11-19)14-20(24-23(16)22)17-8-4-2-5-9-17/h2-14H,15H2,1H3. The summed E-state index contributed by atoms with van der Waals surface area (Å²) in [5, 5.41) is 1.29. The molecule has 3 aromatic carbocycles. The number of rotatable bonds is 2. The van der Waals surface area contributed by atoms with Gasteiger partial charge in [-0.05, 0) is 42.3 Å². The normalized spacial score (nSPS) is 12.8. The number of pyridine rings is 1. The maximum absolute atomic E-state index is 5.01. The van der Waals surface area contributed by atoms with E-state index in [0.29, 0.717) is 0 Å². The molecule has 1 aliphatic rings. The Bertz CT molecular complexity index is 1070. The fourth-order valence-electron chi connectivity index (χ4n) is 3.74. The third-order valence-corrected chi connectivity index (χ3v) is 4.98. The Labute approximate surface area is 147 Å². The van der Waals surface area contributed by atoms with E-state index in [9.17, 15) is 0 Å². The van der Waals surface area contributed by atoms with E-state index in [2.05, 4.69) is 84.6 Å². The molecule has 0 bridgehead atoms. The van der Waals surface area contributed by atoms with Crippen LogP contribution >= 0.6 is 0 Å². The number of hydrogen-bond acceptors (Lipinski definition) is 2. The van der Waals surface area contributed by atoms with Gasteiger partial charge >= 0.3 is 0 Å². The van der Waals surface area contributed by atoms with Gasteiger partial charge in [-0.15, -0.1) is 0 Å². The van der Waals surface area contributed by atoms with Crippen molar-refractivity contribution in [3.05, 3.63) is 90.0 Å². The summed E-state index contributed by atoms with van der Waals surface area (Å²) in [4.78, 5) is 7.39. The van der Waals surface area contributed by atoms with Gasteiger partial charge in [0.15, 0.2) is 0 Å². The average molecular weight is 322 g/mol. The molecule has 0 aliphatic carbocycles. The summed E-state index contributed by atoms with van der Waals surface area (Å²) in [5.41, 5.74) is 8.41. The van der Waals surface area contributed by atoms with Crippen LogP contribution in [0.2, 0.25) is 0 Å². The molecule has 0 atom stereocenters. The number of aryl methyl sites for hydroxylation is 1. The smallest absolute Gasteiger partial charge is 0.0763 e. The van der Waals surface area contributed by atoms with Crippen molar-refractivity contribution in [1.82, 2.24) is 4.98 Å². The topological polar surface area (TPSA) is 16.1 Å². The molecule has 120 valence electrons. The zero-order valence-corrected chi connectivity index (χ0v) is 14.1. The second-order valence-corrected chi connectivity index (χ2v) is 6.58. The molecule has 0 N–H and O–H groups in total. The van der Waals surface area contributed by atoms with E-state index in [1.54, 1.807) is 0 Å². The maximum atomic E-state index is 5.01. The molecule has 5 rings (SSSR count). The zero-order chi connectivity index (χ0) is 16.8. The molecule has 0 spiro atoms. The predicted octanol–water partition coefficient (Wildman–Crippen LogP) is 5.86. The lowest BCUT2D eigenvalue weighted by Gasteiger charge is -2.19. The maximum Gasteiger partial charge on any atom is 0.0763 e. The summed E-state index contributed by atoms with van der Waals surface area (Å²) in [7, 11) is 0. The van der Waals surface area contributed by atoms with Crippen LogP contribution in [0.4, 0.5) is 11.4 Å². The van der Waals surface area contributed by atoms with Crippen LogP contribution in [0, 0.1) is 6.92 Å². The minimum absolute atomic E-state index is 0.891. The van der Waals surface area contributed by atoms with Crippen LogP contribution in [0.3, 0.4) is 0 Å². The first kappa shape index (κ1) is 14.2. The van der Waals surface area contributed by atoms with E-state index in [-0.39, 0.29) is 0 Å². The summed E-state index contributed by atoms with van der Waals surface area (Å²) in [5.74, 6) is 0. The molecule has 0 amide bonds. The second kappa shape index (κ2) is 5.45. The molecule has 4 aromatic rings. The first-order valence-corrected chi connectivity index (χ1v) is 8.62. The molecule has 0 fully saturated rings. The minimum atomic E-state index is 0.891. The molecule has 0 unspecified atom stereocenters. The first-order valence-electron chi connectivity index (χ1n) is 8.62. The van der Waals surface area contributed by atoms with Crippen LogP contribution in [0.5, 0.6) is 0 Å². The number of benzene rings is 3. The Hall–Kier alpha value is -3.13. The van der Waals surface area contributed by atoms with Gasteiger partial charge in [0.05, 0.1) is 16.9 Å². The molecule has 1 aromatic heterocycles. The molecule has 1 aliphatic heterocycles. The Morgan fingerprint density at radius 3 is 2.32 bits per heavy atom. The van der Waals surface area contributed by atoms with Crippen LogP contribution in [0.25, 0.3) is 22.2 Å². The average Bonchev–Trinajstić information content (AvgIpc) is 3.05. The third kappa shape index (κ3) is 2.22. The molecule has 2 heteroatoms. The Balaban J connectivity index is 1.74. The number of nitrogens with zero attached hydrogens (tertiary/aromatic N) is 2. The summed E-state index contributed by atoms with van der Waals surface area (Å²) >= 11 is 0. The van der Waals surface area contributed by atoms with E-state index in [0.717, 1.165) is 17.8 Å². The van der Waals surface area contributed by atoms with Gasteiger partial charge in [0, 0.05) is 23.2 Å². The van der Waals surface area contributed by atoms with E-state index in [1.165, 1.54) is 33.5 Å². The van der Waals surface area contributed by atoms with E-state index in [1.807, 2.05) is 6.07 Å². The number of para-hydroxylation sites is 1.